The van der Waals surface area contributed by atoms with Crippen molar-refractivity contribution in [3.63, 3.8) is 0 Å². The lowest BCUT2D eigenvalue weighted by molar-refractivity contribution is -0.150. The minimum atomic E-state index is -0.226. The lowest BCUT2D eigenvalue weighted by atomic mass is 9.75. The molecule has 0 aromatic carbocycles. The predicted molar refractivity (Wildman–Crippen MR) is 67.0 cm³/mol. The summed E-state index contributed by atoms with van der Waals surface area (Å²) in [5, 5.41) is 10.1. The summed E-state index contributed by atoms with van der Waals surface area (Å²) in [5.41, 5.74) is 0. The van der Waals surface area contributed by atoms with Gasteiger partial charge in [-0.2, -0.15) is 0 Å². The van der Waals surface area contributed by atoms with Gasteiger partial charge in [0.15, 0.2) is 0 Å². The van der Waals surface area contributed by atoms with E-state index >= 15 is 0 Å². The van der Waals surface area contributed by atoms with E-state index in [0.717, 1.165) is 38.8 Å². The highest BCUT2D eigenvalue weighted by Crippen LogP contribution is 2.35. The number of nitrogens with zero attached hydrogens (tertiary/aromatic N) is 1. The number of aliphatic hydroxyl groups excluding tert-OH is 1. The molecule has 1 aliphatic carbocycles. The molecule has 0 aromatic heterocycles. The topological polar surface area (TPSA) is 49.8 Å². The third-order valence-corrected chi connectivity index (χ3v) is 4.84. The van der Waals surface area contributed by atoms with E-state index in [0.29, 0.717) is 11.8 Å². The molecule has 2 heterocycles. The smallest absolute Gasteiger partial charge is 0.251 e. The number of carbonyl (C=O) groups is 1. The quantitative estimate of drug-likeness (QED) is 0.763. The SMILES string of the molecule is CC1CCC(C(=O)N2CC3CCCC(C2)C3O)O1. The average molecular weight is 253 g/mol. The number of hydrogen-bond donors (Lipinski definition) is 1. The Morgan fingerprint density at radius 3 is 2.39 bits per heavy atom. The zero-order valence-electron chi connectivity index (χ0n) is 11.0. The Labute approximate surface area is 108 Å². The summed E-state index contributed by atoms with van der Waals surface area (Å²) in [4.78, 5) is 14.4. The molecule has 2 bridgehead atoms. The molecular formula is C14H23NO3. The van der Waals surface area contributed by atoms with Gasteiger partial charge in [-0.15, -0.1) is 0 Å². The van der Waals surface area contributed by atoms with Gasteiger partial charge < -0.3 is 14.7 Å². The second kappa shape index (κ2) is 4.82. The van der Waals surface area contributed by atoms with E-state index in [1.54, 1.807) is 0 Å². The van der Waals surface area contributed by atoms with E-state index in [1.807, 2.05) is 11.8 Å². The van der Waals surface area contributed by atoms with E-state index < -0.39 is 0 Å². The summed E-state index contributed by atoms with van der Waals surface area (Å²) in [7, 11) is 0. The van der Waals surface area contributed by atoms with Crippen molar-refractivity contribution >= 4 is 5.91 Å². The monoisotopic (exact) mass is 253 g/mol. The molecule has 3 fully saturated rings. The van der Waals surface area contributed by atoms with E-state index in [4.69, 9.17) is 4.74 Å². The summed E-state index contributed by atoms with van der Waals surface area (Å²) in [6, 6.07) is 0. The highest BCUT2D eigenvalue weighted by molar-refractivity contribution is 5.81. The second-order valence-corrected chi connectivity index (χ2v) is 6.20. The molecular weight excluding hydrogens is 230 g/mol. The van der Waals surface area contributed by atoms with Crippen LogP contribution in [0.5, 0.6) is 0 Å². The van der Waals surface area contributed by atoms with Gasteiger partial charge in [-0.1, -0.05) is 6.42 Å². The number of rotatable bonds is 1. The summed E-state index contributed by atoms with van der Waals surface area (Å²) in [6.45, 7) is 3.48. The molecule has 0 radical (unpaired) electrons. The Hall–Kier alpha value is -0.610. The molecule has 3 rings (SSSR count). The summed E-state index contributed by atoms with van der Waals surface area (Å²) >= 11 is 0. The molecule has 1 saturated carbocycles. The van der Waals surface area contributed by atoms with Crippen LogP contribution in [0.3, 0.4) is 0 Å². The highest BCUT2D eigenvalue weighted by atomic mass is 16.5. The van der Waals surface area contributed by atoms with Gasteiger partial charge in [0.2, 0.25) is 0 Å². The Balaban J connectivity index is 1.65. The van der Waals surface area contributed by atoms with Gasteiger partial charge in [0.25, 0.3) is 5.91 Å². The van der Waals surface area contributed by atoms with Crippen LogP contribution in [-0.4, -0.2) is 47.3 Å². The molecule has 2 saturated heterocycles. The highest BCUT2D eigenvalue weighted by Gasteiger charge is 2.42. The minimum absolute atomic E-state index is 0.156. The Kier molecular flexibility index (Phi) is 3.32. The van der Waals surface area contributed by atoms with Gasteiger partial charge in [-0.3, -0.25) is 4.79 Å². The maximum absolute atomic E-state index is 12.4. The zero-order valence-corrected chi connectivity index (χ0v) is 11.0. The van der Waals surface area contributed by atoms with Crippen LogP contribution in [0, 0.1) is 11.8 Å². The van der Waals surface area contributed by atoms with Crippen molar-refractivity contribution in [2.45, 2.75) is 57.3 Å². The van der Waals surface area contributed by atoms with Gasteiger partial charge in [0, 0.05) is 24.9 Å². The predicted octanol–water partition coefficient (Wildman–Crippen LogP) is 1.17. The van der Waals surface area contributed by atoms with Crippen molar-refractivity contribution < 1.29 is 14.6 Å². The van der Waals surface area contributed by atoms with Crippen LogP contribution in [0.1, 0.15) is 39.0 Å². The van der Waals surface area contributed by atoms with Crippen molar-refractivity contribution in [1.29, 1.82) is 0 Å². The normalized spacial score (nSPS) is 44.1. The van der Waals surface area contributed by atoms with Crippen LogP contribution in [0.15, 0.2) is 0 Å². The van der Waals surface area contributed by atoms with Gasteiger partial charge in [0.1, 0.15) is 6.10 Å². The molecule has 0 aromatic rings. The van der Waals surface area contributed by atoms with E-state index in [1.165, 1.54) is 6.42 Å². The number of ether oxygens (including phenoxy) is 1. The number of carbonyl (C=O) groups excluding carboxylic acids is 1. The number of fused-ring (bicyclic) bond motifs is 2. The lowest BCUT2D eigenvalue weighted by Gasteiger charge is -2.45. The zero-order chi connectivity index (χ0) is 12.7. The third kappa shape index (κ3) is 2.16. The minimum Gasteiger partial charge on any atom is -0.392 e. The molecule has 3 aliphatic rings. The maximum atomic E-state index is 12.4. The third-order valence-electron chi connectivity index (χ3n) is 4.84. The van der Waals surface area contributed by atoms with Gasteiger partial charge in [0.05, 0.1) is 12.2 Å². The number of amides is 1. The van der Waals surface area contributed by atoms with Crippen LogP contribution in [0.2, 0.25) is 0 Å². The molecule has 1 N–H and O–H groups in total. The van der Waals surface area contributed by atoms with Crippen molar-refractivity contribution in [3.8, 4) is 0 Å². The molecule has 1 amide bonds. The van der Waals surface area contributed by atoms with Gasteiger partial charge in [-0.05, 0) is 32.6 Å². The van der Waals surface area contributed by atoms with E-state index in [9.17, 15) is 9.90 Å². The number of likely N-dealkylation sites (tertiary alicyclic amines) is 1. The largest absolute Gasteiger partial charge is 0.392 e. The summed E-state index contributed by atoms with van der Waals surface area (Å²) < 4.78 is 5.67. The summed E-state index contributed by atoms with van der Waals surface area (Å²) in [6.07, 6.45) is 4.96. The molecule has 4 nitrogen and oxygen atoms in total. The van der Waals surface area contributed by atoms with Gasteiger partial charge in [-0.25, -0.2) is 0 Å². The standard InChI is InChI=1S/C14H23NO3/c1-9-5-6-12(18-9)14(17)15-7-10-3-2-4-11(8-15)13(10)16/h9-13,16H,2-8H2,1H3. The molecule has 102 valence electrons. The van der Waals surface area contributed by atoms with Crippen LogP contribution in [0.25, 0.3) is 0 Å². The maximum Gasteiger partial charge on any atom is 0.251 e. The van der Waals surface area contributed by atoms with Crippen molar-refractivity contribution in [2.24, 2.45) is 11.8 Å². The van der Waals surface area contributed by atoms with Crippen LogP contribution in [0.4, 0.5) is 0 Å². The lowest BCUT2D eigenvalue weighted by Crippen LogP contribution is -2.55. The van der Waals surface area contributed by atoms with Gasteiger partial charge >= 0.3 is 0 Å². The summed E-state index contributed by atoms with van der Waals surface area (Å²) in [5.74, 6) is 0.740. The first-order valence-electron chi connectivity index (χ1n) is 7.27. The van der Waals surface area contributed by atoms with Crippen molar-refractivity contribution in [1.82, 2.24) is 4.90 Å². The van der Waals surface area contributed by atoms with Crippen LogP contribution in [-0.2, 0) is 9.53 Å². The Morgan fingerprint density at radius 1 is 1.17 bits per heavy atom. The van der Waals surface area contributed by atoms with Crippen molar-refractivity contribution in [2.75, 3.05) is 13.1 Å². The molecule has 4 unspecified atom stereocenters. The van der Waals surface area contributed by atoms with E-state index in [2.05, 4.69) is 0 Å². The fraction of sp³-hybridized carbons (Fsp3) is 0.929. The van der Waals surface area contributed by atoms with E-state index in [-0.39, 0.29) is 24.2 Å². The molecule has 2 aliphatic heterocycles. The fourth-order valence-corrected chi connectivity index (χ4v) is 3.78. The number of piperidine rings is 1. The first kappa shape index (κ1) is 12.4. The Bertz CT molecular complexity index is 319. The second-order valence-electron chi connectivity index (χ2n) is 6.20. The van der Waals surface area contributed by atoms with Crippen molar-refractivity contribution in [3.05, 3.63) is 0 Å². The fourth-order valence-electron chi connectivity index (χ4n) is 3.78. The molecule has 0 spiro atoms. The first-order chi connectivity index (χ1) is 8.65. The molecule has 18 heavy (non-hydrogen) atoms. The Morgan fingerprint density at radius 2 is 1.83 bits per heavy atom. The number of hydrogen-bond acceptors (Lipinski definition) is 3. The number of aliphatic hydroxyl groups is 1. The molecule has 4 atom stereocenters. The van der Waals surface area contributed by atoms with Crippen LogP contribution >= 0.6 is 0 Å². The first-order valence-corrected chi connectivity index (χ1v) is 7.27. The molecule has 4 heteroatoms. The van der Waals surface area contributed by atoms with Crippen LogP contribution < -0.4 is 0 Å². The average Bonchev–Trinajstić information content (AvgIpc) is 2.74.